The molecule has 1 amide bonds. The van der Waals surface area contributed by atoms with E-state index in [2.05, 4.69) is 10.3 Å². The van der Waals surface area contributed by atoms with E-state index in [1.807, 2.05) is 11.5 Å². The van der Waals surface area contributed by atoms with E-state index in [1.54, 1.807) is 37.3 Å². The smallest absolute Gasteiger partial charge is 0.305 e. The molecule has 0 atom stereocenters. The summed E-state index contributed by atoms with van der Waals surface area (Å²) < 4.78 is 30.7. The van der Waals surface area contributed by atoms with Crippen LogP contribution < -0.4 is 16.0 Å². The Kier molecular flexibility index (Phi) is 7.89. The van der Waals surface area contributed by atoms with E-state index in [1.165, 1.54) is 29.2 Å². The molecule has 0 spiro atoms. The number of carbonyl (C=O) groups excluding carboxylic acids is 1. The topological polar surface area (TPSA) is 137 Å². The van der Waals surface area contributed by atoms with Gasteiger partial charge in [-0.05, 0) is 67.9 Å². The number of imidazole rings is 1. The van der Waals surface area contributed by atoms with Gasteiger partial charge in [0.05, 0.1) is 29.7 Å². The van der Waals surface area contributed by atoms with Crippen molar-refractivity contribution in [2.75, 3.05) is 16.8 Å². The van der Waals surface area contributed by atoms with Gasteiger partial charge in [-0.2, -0.15) is 0 Å². The van der Waals surface area contributed by atoms with Crippen LogP contribution in [-0.2, 0) is 17.9 Å². The quantitative estimate of drug-likeness (QED) is 0.173. The molecule has 9 nitrogen and oxygen atoms in total. The van der Waals surface area contributed by atoms with Crippen molar-refractivity contribution in [1.82, 2.24) is 9.55 Å². The molecule has 39 heavy (non-hydrogen) atoms. The normalized spacial score (nSPS) is 11.0. The number of aryl methyl sites for hydroxylation is 2. The molecule has 0 aliphatic rings. The van der Waals surface area contributed by atoms with Crippen molar-refractivity contribution >= 4 is 40.1 Å². The molecule has 1 heterocycles. The van der Waals surface area contributed by atoms with Crippen molar-refractivity contribution in [3.05, 3.63) is 88.7 Å². The largest absolute Gasteiger partial charge is 0.481 e. The maximum absolute atomic E-state index is 14.5. The number of amidine groups is 1. The number of carboxylic acid groups (broad SMARTS) is 1. The maximum atomic E-state index is 14.5. The number of nitrogens with zero attached hydrogens (tertiary/aromatic N) is 3. The Morgan fingerprint density at radius 1 is 1.08 bits per heavy atom. The molecule has 0 bridgehead atoms. The van der Waals surface area contributed by atoms with Gasteiger partial charge in [-0.25, -0.2) is 13.8 Å². The van der Waals surface area contributed by atoms with Crippen LogP contribution in [0.1, 0.15) is 40.7 Å². The van der Waals surface area contributed by atoms with E-state index < -0.39 is 23.5 Å². The summed E-state index contributed by atoms with van der Waals surface area (Å²) in [6.45, 7) is 4.16. The second kappa shape index (κ2) is 11.3. The molecule has 0 saturated heterocycles. The number of anilines is 2. The molecule has 3 aromatic carbocycles. The zero-order chi connectivity index (χ0) is 28.3. The number of hydrogen-bond donors (Lipinski definition) is 4. The first-order valence-electron chi connectivity index (χ1n) is 12.3. The molecular weight excluding hydrogens is 506 g/mol. The number of halogens is 2. The first-order valence-corrected chi connectivity index (χ1v) is 12.3. The predicted octanol–water partition coefficient (Wildman–Crippen LogP) is 4.66. The number of aliphatic carboxylic acids is 1. The summed E-state index contributed by atoms with van der Waals surface area (Å²) in [5.74, 6) is -2.24. The number of carboxylic acids is 1. The summed E-state index contributed by atoms with van der Waals surface area (Å²) in [6.07, 6.45) is -0.312. The number of amides is 1. The summed E-state index contributed by atoms with van der Waals surface area (Å²) in [5.41, 5.74) is 8.14. The Hall–Kier alpha value is -4.80. The van der Waals surface area contributed by atoms with E-state index in [-0.39, 0.29) is 47.8 Å². The van der Waals surface area contributed by atoms with Gasteiger partial charge >= 0.3 is 5.97 Å². The van der Waals surface area contributed by atoms with Gasteiger partial charge in [0.1, 0.15) is 23.3 Å². The lowest BCUT2D eigenvalue weighted by Gasteiger charge is -2.22. The Balaban J connectivity index is 1.63. The number of fused-ring (bicyclic) bond motifs is 1. The zero-order valence-electron chi connectivity index (χ0n) is 21.5. The van der Waals surface area contributed by atoms with Crippen LogP contribution in [0.3, 0.4) is 0 Å². The Labute approximate surface area is 223 Å². The molecule has 0 unspecified atom stereocenters. The van der Waals surface area contributed by atoms with Crippen molar-refractivity contribution in [2.24, 2.45) is 5.73 Å². The van der Waals surface area contributed by atoms with Crippen LogP contribution in [0, 0.1) is 24.0 Å². The molecule has 0 aliphatic carbocycles. The van der Waals surface area contributed by atoms with E-state index in [0.29, 0.717) is 23.4 Å². The highest BCUT2D eigenvalue weighted by molar-refractivity contribution is 6.07. The highest BCUT2D eigenvalue weighted by Crippen LogP contribution is 2.25. The highest BCUT2D eigenvalue weighted by atomic mass is 19.1. The molecule has 1 aromatic heterocycles. The number of nitrogens with one attached hydrogen (secondary N) is 2. The number of rotatable bonds is 10. The predicted molar refractivity (Wildman–Crippen MR) is 145 cm³/mol. The molecule has 4 rings (SSSR count). The molecule has 11 heteroatoms. The van der Waals surface area contributed by atoms with E-state index in [0.717, 1.165) is 5.52 Å². The number of nitrogens with two attached hydrogens (primary N) is 1. The summed E-state index contributed by atoms with van der Waals surface area (Å²) in [7, 11) is 0. The second-order valence-corrected chi connectivity index (χ2v) is 8.97. The third-order valence-electron chi connectivity index (χ3n) is 6.37. The summed E-state index contributed by atoms with van der Waals surface area (Å²) >= 11 is 0. The van der Waals surface area contributed by atoms with Gasteiger partial charge in [-0.1, -0.05) is 6.07 Å². The lowest BCUT2D eigenvalue weighted by molar-refractivity contribution is -0.136. The molecule has 0 saturated carbocycles. The van der Waals surface area contributed by atoms with E-state index >= 15 is 0 Å². The number of nitrogen functional groups attached to an aromatic ring is 1. The minimum absolute atomic E-state index is 0.138. The highest BCUT2D eigenvalue weighted by Gasteiger charge is 2.21. The van der Waals surface area contributed by atoms with Gasteiger partial charge in [0, 0.05) is 29.9 Å². The van der Waals surface area contributed by atoms with E-state index in [4.69, 9.17) is 11.1 Å². The van der Waals surface area contributed by atoms with E-state index in [9.17, 15) is 23.5 Å². The molecule has 4 aromatic rings. The number of hydrogen-bond acceptors (Lipinski definition) is 5. The van der Waals surface area contributed by atoms with Gasteiger partial charge in [0.25, 0.3) is 5.91 Å². The van der Waals surface area contributed by atoms with Crippen molar-refractivity contribution in [3.8, 4) is 0 Å². The second-order valence-electron chi connectivity index (χ2n) is 8.97. The standard InChI is InChI=1S/C28H28F2N6O3/c1-3-35-24-9-6-18(28(39)36(11-10-26(37)38)19-7-4-16(2)20(29)14-19)13-23(24)34-25(35)15-33-22-8-5-17(27(31)32)12-21(22)30/h4-9,12-14,33H,3,10-11,15H2,1-2H3,(H3,31,32)(H,37,38). The third kappa shape index (κ3) is 5.87. The lowest BCUT2D eigenvalue weighted by Crippen LogP contribution is -2.33. The lowest BCUT2D eigenvalue weighted by atomic mass is 10.1. The van der Waals surface area contributed by atoms with Gasteiger partial charge < -0.3 is 25.6 Å². The van der Waals surface area contributed by atoms with Gasteiger partial charge in [0.15, 0.2) is 0 Å². The SMILES string of the molecule is CCn1c(CNc2ccc(C(=N)N)cc2F)nc2cc(C(=O)N(CCC(=O)O)c3ccc(C)c(F)c3)ccc21. The molecular formula is C28H28F2N6O3. The molecule has 0 aliphatic heterocycles. The fourth-order valence-electron chi connectivity index (χ4n) is 4.26. The number of benzene rings is 3. The van der Waals surface area contributed by atoms with Gasteiger partial charge in [0.2, 0.25) is 0 Å². The van der Waals surface area contributed by atoms with Gasteiger partial charge in [-0.15, -0.1) is 0 Å². The Morgan fingerprint density at radius 2 is 1.82 bits per heavy atom. The van der Waals surface area contributed by atoms with Crippen LogP contribution in [0.4, 0.5) is 20.2 Å². The van der Waals surface area contributed by atoms with Crippen LogP contribution in [0.2, 0.25) is 0 Å². The molecule has 0 fully saturated rings. The number of carbonyl (C=O) groups is 2. The van der Waals surface area contributed by atoms with Crippen molar-refractivity contribution < 1.29 is 23.5 Å². The monoisotopic (exact) mass is 534 g/mol. The summed E-state index contributed by atoms with van der Waals surface area (Å²) in [4.78, 5) is 30.6. The van der Waals surface area contributed by atoms with Crippen molar-refractivity contribution in [2.45, 2.75) is 33.4 Å². The van der Waals surface area contributed by atoms with Crippen LogP contribution in [0.5, 0.6) is 0 Å². The molecule has 202 valence electrons. The summed E-state index contributed by atoms with van der Waals surface area (Å²) in [5, 5.41) is 19.6. The zero-order valence-corrected chi connectivity index (χ0v) is 21.5. The fourth-order valence-corrected chi connectivity index (χ4v) is 4.26. The first-order chi connectivity index (χ1) is 18.6. The minimum Gasteiger partial charge on any atom is -0.481 e. The van der Waals surface area contributed by atoms with Crippen LogP contribution in [0.15, 0.2) is 54.6 Å². The number of aromatic nitrogens is 2. The van der Waals surface area contributed by atoms with Gasteiger partial charge in [-0.3, -0.25) is 15.0 Å². The summed E-state index contributed by atoms with van der Waals surface area (Å²) in [6, 6.07) is 13.5. The Bertz CT molecular complexity index is 1580. The average Bonchev–Trinajstić information content (AvgIpc) is 3.26. The van der Waals surface area contributed by atoms with Crippen molar-refractivity contribution in [3.63, 3.8) is 0 Å². The van der Waals surface area contributed by atoms with Crippen LogP contribution in [0.25, 0.3) is 11.0 Å². The first kappa shape index (κ1) is 27.2. The molecule has 5 N–H and O–H groups in total. The minimum atomic E-state index is -1.08. The maximum Gasteiger partial charge on any atom is 0.305 e. The third-order valence-corrected chi connectivity index (χ3v) is 6.37. The fraction of sp³-hybridized carbons (Fsp3) is 0.214. The molecule has 0 radical (unpaired) electrons. The van der Waals surface area contributed by atoms with Crippen LogP contribution in [-0.4, -0.2) is 38.9 Å². The van der Waals surface area contributed by atoms with Crippen molar-refractivity contribution in [1.29, 1.82) is 5.41 Å². The Morgan fingerprint density at radius 3 is 2.46 bits per heavy atom. The van der Waals surface area contributed by atoms with Crippen LogP contribution >= 0.6 is 0 Å². The average molecular weight is 535 g/mol.